The zero-order chi connectivity index (χ0) is 25.3. The van der Waals surface area contributed by atoms with Gasteiger partial charge in [-0.15, -0.1) is 0 Å². The van der Waals surface area contributed by atoms with Crippen molar-refractivity contribution in [1.29, 1.82) is 0 Å². The van der Waals surface area contributed by atoms with Crippen molar-refractivity contribution in [2.45, 2.75) is 11.8 Å². The van der Waals surface area contributed by atoms with E-state index in [9.17, 15) is 18.3 Å². The predicted octanol–water partition coefficient (Wildman–Crippen LogP) is 5.09. The van der Waals surface area contributed by atoms with Crippen molar-refractivity contribution < 1.29 is 23.4 Å². The zero-order valence-electron chi connectivity index (χ0n) is 18.5. The fourth-order valence-corrected chi connectivity index (χ4v) is 3.64. The number of pyridine rings is 2. The first-order chi connectivity index (χ1) is 16.7. The predicted molar refractivity (Wildman–Crippen MR) is 130 cm³/mol. The van der Waals surface area contributed by atoms with Crippen LogP contribution in [0.5, 0.6) is 5.75 Å². The molecule has 178 valence electrons. The van der Waals surface area contributed by atoms with Gasteiger partial charge in [0.15, 0.2) is 0 Å². The van der Waals surface area contributed by atoms with E-state index >= 15 is 0 Å². The molecule has 4 aromatic rings. The van der Waals surface area contributed by atoms with E-state index in [1.165, 1.54) is 54.7 Å². The van der Waals surface area contributed by atoms with E-state index < -0.39 is 16.0 Å². The number of rotatable bonds is 6. The average Bonchev–Trinajstić information content (AvgIpc) is 2.85. The van der Waals surface area contributed by atoms with Crippen molar-refractivity contribution in [3.8, 4) is 5.75 Å². The Morgan fingerprint density at radius 1 is 0.857 bits per heavy atom. The summed E-state index contributed by atoms with van der Waals surface area (Å²) in [6.07, 6.45) is 3.26. The molecule has 0 fully saturated rings. The van der Waals surface area contributed by atoms with E-state index in [2.05, 4.69) is 24.9 Å². The Kier molecular flexibility index (Phi) is 8.20. The van der Waals surface area contributed by atoms with Crippen LogP contribution in [-0.2, 0) is 10.0 Å². The molecule has 0 spiro atoms. The number of carboxylic acid groups (broad SMARTS) is 1. The highest BCUT2D eigenvalue weighted by atomic mass is 32.2. The highest BCUT2D eigenvalue weighted by molar-refractivity contribution is 7.92. The van der Waals surface area contributed by atoms with Gasteiger partial charge in [0, 0.05) is 18.1 Å². The molecule has 0 bridgehead atoms. The number of hydrogen-bond donors (Lipinski definition) is 3. The van der Waals surface area contributed by atoms with Crippen LogP contribution in [0.15, 0.2) is 106 Å². The molecule has 2 heterocycles. The Labute approximate surface area is 201 Å². The summed E-state index contributed by atoms with van der Waals surface area (Å²) in [6, 6.07) is 20.1. The monoisotopic (exact) mass is 491 g/mol. The molecule has 4 rings (SSSR count). The van der Waals surface area contributed by atoms with Crippen molar-refractivity contribution in [2.75, 3.05) is 4.72 Å². The third kappa shape index (κ3) is 7.44. The van der Waals surface area contributed by atoms with Crippen molar-refractivity contribution in [3.05, 3.63) is 103 Å². The van der Waals surface area contributed by atoms with Crippen LogP contribution in [0, 0.1) is 6.92 Å². The molecule has 0 aliphatic carbocycles. The standard InChI is InChI=1S/C18H14N4O5S.C6H7N/c23-16-9-6-13(11-15(16)18(24)25)21-20-12-4-7-14(8-5-12)28(26,27)22-17-3-1-2-10-19-17;1-6-4-2-3-5-7-6/h1-11,23H,(H,19,22)(H,24,25);2-5H,1H3. The number of phenols is 1. The molecule has 3 N–H and O–H groups in total. The fourth-order valence-electron chi connectivity index (χ4n) is 2.63. The molecular formula is C24H21N5O5S. The van der Waals surface area contributed by atoms with Crippen LogP contribution < -0.4 is 4.72 Å². The van der Waals surface area contributed by atoms with Gasteiger partial charge in [-0.2, -0.15) is 10.2 Å². The Hall–Kier alpha value is -4.64. The van der Waals surface area contributed by atoms with Crippen LogP contribution in [0.2, 0.25) is 0 Å². The smallest absolute Gasteiger partial charge is 0.339 e. The molecule has 10 nitrogen and oxygen atoms in total. The summed E-state index contributed by atoms with van der Waals surface area (Å²) >= 11 is 0. The van der Waals surface area contributed by atoms with E-state index in [-0.39, 0.29) is 27.7 Å². The molecule has 2 aromatic heterocycles. The lowest BCUT2D eigenvalue weighted by Gasteiger charge is -2.07. The number of benzene rings is 2. The lowest BCUT2D eigenvalue weighted by Crippen LogP contribution is -2.13. The average molecular weight is 492 g/mol. The molecule has 0 radical (unpaired) electrons. The molecule has 11 heteroatoms. The van der Waals surface area contributed by atoms with Crippen molar-refractivity contribution in [2.24, 2.45) is 10.2 Å². The number of aromatic nitrogens is 2. The largest absolute Gasteiger partial charge is 0.507 e. The zero-order valence-corrected chi connectivity index (χ0v) is 19.3. The lowest BCUT2D eigenvalue weighted by molar-refractivity contribution is 0.0693. The van der Waals surface area contributed by atoms with Gasteiger partial charge >= 0.3 is 5.97 Å². The highest BCUT2D eigenvalue weighted by Crippen LogP contribution is 2.26. The number of carboxylic acids is 1. The Morgan fingerprint density at radius 3 is 2.03 bits per heavy atom. The summed E-state index contributed by atoms with van der Waals surface area (Å²) in [4.78, 5) is 18.9. The molecule has 0 unspecified atom stereocenters. The minimum absolute atomic E-state index is 0.0231. The Bertz CT molecular complexity index is 1410. The minimum atomic E-state index is -3.79. The quantitative estimate of drug-likeness (QED) is 0.317. The Balaban J connectivity index is 0.000000420. The van der Waals surface area contributed by atoms with Gasteiger partial charge in [0.25, 0.3) is 10.0 Å². The number of carbonyl (C=O) groups is 1. The van der Waals surface area contributed by atoms with Crippen LogP contribution in [-0.4, -0.2) is 34.6 Å². The highest BCUT2D eigenvalue weighted by Gasteiger charge is 2.14. The second-order valence-electron chi connectivity index (χ2n) is 6.99. The maximum Gasteiger partial charge on any atom is 0.339 e. The summed E-state index contributed by atoms with van der Waals surface area (Å²) in [7, 11) is -3.79. The summed E-state index contributed by atoms with van der Waals surface area (Å²) in [5, 5.41) is 26.3. The molecule has 0 saturated heterocycles. The molecule has 0 aliphatic rings. The molecule has 2 aromatic carbocycles. The van der Waals surface area contributed by atoms with Gasteiger partial charge in [0.2, 0.25) is 0 Å². The lowest BCUT2D eigenvalue weighted by atomic mass is 10.2. The number of sulfonamides is 1. The van der Waals surface area contributed by atoms with Crippen LogP contribution >= 0.6 is 0 Å². The van der Waals surface area contributed by atoms with Gasteiger partial charge in [-0.3, -0.25) is 9.71 Å². The van der Waals surface area contributed by atoms with E-state index in [0.717, 1.165) is 5.69 Å². The van der Waals surface area contributed by atoms with Crippen LogP contribution in [0.25, 0.3) is 0 Å². The second kappa shape index (κ2) is 11.5. The first-order valence-electron chi connectivity index (χ1n) is 10.1. The second-order valence-corrected chi connectivity index (χ2v) is 8.67. The maximum absolute atomic E-state index is 12.3. The van der Waals surface area contributed by atoms with Gasteiger partial charge in [-0.05, 0) is 73.7 Å². The van der Waals surface area contributed by atoms with E-state index in [0.29, 0.717) is 5.69 Å². The Morgan fingerprint density at radius 2 is 1.49 bits per heavy atom. The molecule has 0 atom stereocenters. The maximum atomic E-state index is 12.3. The van der Waals surface area contributed by atoms with Gasteiger partial charge in [0.1, 0.15) is 17.1 Å². The SMILES string of the molecule is Cc1ccccn1.O=C(O)c1cc(N=Nc2ccc(S(=O)(=O)Nc3ccccn3)cc2)ccc1O. The molecule has 0 aliphatic heterocycles. The number of nitrogens with one attached hydrogen (secondary N) is 1. The van der Waals surface area contributed by atoms with E-state index in [4.69, 9.17) is 5.11 Å². The third-order valence-corrected chi connectivity index (χ3v) is 5.73. The number of aromatic carboxylic acids is 1. The van der Waals surface area contributed by atoms with Crippen LogP contribution in [0.3, 0.4) is 0 Å². The molecular weight excluding hydrogens is 470 g/mol. The minimum Gasteiger partial charge on any atom is -0.507 e. The van der Waals surface area contributed by atoms with Crippen molar-refractivity contribution in [3.63, 3.8) is 0 Å². The summed E-state index contributed by atoms with van der Waals surface area (Å²) in [6.45, 7) is 1.97. The van der Waals surface area contributed by atoms with Crippen LogP contribution in [0.1, 0.15) is 16.1 Å². The van der Waals surface area contributed by atoms with E-state index in [1.54, 1.807) is 18.3 Å². The normalized spacial score (nSPS) is 10.9. The number of aryl methyl sites for hydroxylation is 1. The number of hydrogen-bond acceptors (Lipinski definition) is 8. The topological polar surface area (TPSA) is 154 Å². The third-order valence-electron chi connectivity index (χ3n) is 4.36. The first-order valence-corrected chi connectivity index (χ1v) is 11.6. The van der Waals surface area contributed by atoms with Gasteiger partial charge < -0.3 is 10.2 Å². The summed E-state index contributed by atoms with van der Waals surface area (Å²) in [5.41, 5.74) is 1.37. The molecule has 0 amide bonds. The summed E-state index contributed by atoms with van der Waals surface area (Å²) in [5.74, 6) is -1.46. The number of aromatic hydroxyl groups is 1. The molecule has 35 heavy (non-hydrogen) atoms. The van der Waals surface area contributed by atoms with Gasteiger partial charge in [-0.25, -0.2) is 18.2 Å². The number of anilines is 1. The van der Waals surface area contributed by atoms with E-state index in [1.807, 2.05) is 25.1 Å². The number of nitrogens with zero attached hydrogens (tertiary/aromatic N) is 4. The first kappa shape index (κ1) is 25.0. The molecule has 0 saturated carbocycles. The van der Waals surface area contributed by atoms with Crippen LogP contribution in [0.4, 0.5) is 17.2 Å². The van der Waals surface area contributed by atoms with Crippen molar-refractivity contribution in [1.82, 2.24) is 9.97 Å². The summed E-state index contributed by atoms with van der Waals surface area (Å²) < 4.78 is 27.0. The van der Waals surface area contributed by atoms with Crippen molar-refractivity contribution >= 4 is 33.2 Å². The van der Waals surface area contributed by atoms with Gasteiger partial charge in [0.05, 0.1) is 16.3 Å². The number of azo groups is 1. The van der Waals surface area contributed by atoms with Gasteiger partial charge in [-0.1, -0.05) is 12.1 Å². The fraction of sp³-hybridized carbons (Fsp3) is 0.0417.